The van der Waals surface area contributed by atoms with E-state index in [2.05, 4.69) is 19.7 Å². The van der Waals surface area contributed by atoms with E-state index in [1.54, 1.807) is 17.3 Å². The van der Waals surface area contributed by atoms with Crippen molar-refractivity contribution in [1.82, 2.24) is 24.6 Å². The van der Waals surface area contributed by atoms with Crippen LogP contribution < -0.4 is 5.73 Å². The Kier molecular flexibility index (Phi) is 5.11. The fourth-order valence-electron chi connectivity index (χ4n) is 3.47. The smallest absolute Gasteiger partial charge is 0.240 e. The summed E-state index contributed by atoms with van der Waals surface area (Å²) < 4.78 is 2.12. The summed E-state index contributed by atoms with van der Waals surface area (Å²) in [7, 11) is 0. The van der Waals surface area contributed by atoms with Crippen LogP contribution in [0.25, 0.3) is 11.4 Å². The van der Waals surface area contributed by atoms with Crippen molar-refractivity contribution in [3.8, 4) is 11.4 Å². The summed E-state index contributed by atoms with van der Waals surface area (Å²) in [6.45, 7) is 0.588. The van der Waals surface area contributed by atoms with E-state index in [-0.39, 0.29) is 11.7 Å². The number of likely N-dealkylation sites (tertiary alicyclic amines) is 1. The third-order valence-corrected chi connectivity index (χ3v) is 5.92. The van der Waals surface area contributed by atoms with Crippen LogP contribution in [0.15, 0.2) is 29.7 Å². The zero-order valence-electron chi connectivity index (χ0n) is 15.0. The van der Waals surface area contributed by atoms with Crippen LogP contribution in [0.1, 0.15) is 38.1 Å². The molecule has 2 fully saturated rings. The summed E-state index contributed by atoms with van der Waals surface area (Å²) in [5.41, 5.74) is 6.44. The minimum Gasteiger partial charge on any atom is -0.368 e. The minimum atomic E-state index is -0.486. The van der Waals surface area contributed by atoms with Gasteiger partial charge in [0.2, 0.25) is 11.8 Å². The van der Waals surface area contributed by atoms with Crippen molar-refractivity contribution in [3.05, 3.63) is 24.5 Å². The lowest BCUT2D eigenvalue weighted by atomic mass is 10.0. The second-order valence-corrected chi connectivity index (χ2v) is 7.88. The molecule has 2 aliphatic rings. The van der Waals surface area contributed by atoms with Gasteiger partial charge in [-0.3, -0.25) is 19.1 Å². The third kappa shape index (κ3) is 3.83. The van der Waals surface area contributed by atoms with Crippen LogP contribution in [0.4, 0.5) is 0 Å². The molecule has 0 aromatic carbocycles. The molecule has 0 radical (unpaired) electrons. The number of amides is 2. The van der Waals surface area contributed by atoms with Gasteiger partial charge in [-0.15, -0.1) is 10.2 Å². The van der Waals surface area contributed by atoms with E-state index >= 15 is 0 Å². The SMILES string of the molecule is NC(=O)C1CCCCN1C(=O)CSc1nnc(-c2ccncc2)n1C1CC1. The van der Waals surface area contributed by atoms with E-state index in [1.807, 2.05) is 12.1 Å². The molecule has 3 heterocycles. The molecule has 9 heteroatoms. The molecule has 0 spiro atoms. The summed E-state index contributed by atoms with van der Waals surface area (Å²) in [5.74, 6) is 0.543. The number of thioether (sulfide) groups is 1. The van der Waals surface area contributed by atoms with E-state index in [9.17, 15) is 9.59 Å². The van der Waals surface area contributed by atoms with Gasteiger partial charge in [0.1, 0.15) is 6.04 Å². The van der Waals surface area contributed by atoms with Crippen molar-refractivity contribution in [2.45, 2.75) is 49.3 Å². The molecule has 1 aliphatic heterocycles. The summed E-state index contributed by atoms with van der Waals surface area (Å²) in [6, 6.07) is 3.72. The normalized spacial score (nSPS) is 19.9. The largest absolute Gasteiger partial charge is 0.368 e. The molecule has 0 bridgehead atoms. The summed E-state index contributed by atoms with van der Waals surface area (Å²) in [5, 5.41) is 9.41. The van der Waals surface area contributed by atoms with Crippen LogP contribution in [0.2, 0.25) is 0 Å². The highest BCUT2D eigenvalue weighted by atomic mass is 32.2. The van der Waals surface area contributed by atoms with Gasteiger partial charge in [0.15, 0.2) is 11.0 Å². The molecule has 1 aliphatic carbocycles. The molecule has 1 atom stereocenters. The molecular formula is C18H22N6O2S. The second-order valence-electron chi connectivity index (χ2n) is 6.93. The Bertz CT molecular complexity index is 836. The molecule has 2 amide bonds. The number of primary amides is 1. The lowest BCUT2D eigenvalue weighted by Gasteiger charge is -2.33. The van der Waals surface area contributed by atoms with Crippen LogP contribution in [-0.2, 0) is 9.59 Å². The molecule has 2 aromatic rings. The topological polar surface area (TPSA) is 107 Å². The first-order chi connectivity index (χ1) is 13.1. The molecule has 142 valence electrons. The Hall–Kier alpha value is -2.42. The van der Waals surface area contributed by atoms with Gasteiger partial charge in [-0.05, 0) is 44.2 Å². The van der Waals surface area contributed by atoms with Crippen molar-refractivity contribution < 1.29 is 9.59 Å². The van der Waals surface area contributed by atoms with Crippen LogP contribution in [-0.4, -0.2) is 54.8 Å². The Labute approximate surface area is 161 Å². The third-order valence-electron chi connectivity index (χ3n) is 4.99. The summed E-state index contributed by atoms with van der Waals surface area (Å²) >= 11 is 1.38. The highest BCUT2D eigenvalue weighted by Gasteiger charge is 2.33. The molecule has 8 nitrogen and oxygen atoms in total. The fraction of sp³-hybridized carbons (Fsp3) is 0.500. The predicted octanol–water partition coefficient (Wildman–Crippen LogP) is 1.63. The molecule has 4 rings (SSSR count). The van der Waals surface area contributed by atoms with E-state index in [4.69, 9.17) is 5.73 Å². The maximum atomic E-state index is 12.7. The average molecular weight is 386 g/mol. The molecule has 1 unspecified atom stereocenters. The molecule has 27 heavy (non-hydrogen) atoms. The zero-order valence-corrected chi connectivity index (χ0v) is 15.8. The first-order valence-corrected chi connectivity index (χ1v) is 10.2. The Balaban J connectivity index is 1.49. The summed E-state index contributed by atoms with van der Waals surface area (Å²) in [4.78, 5) is 30.0. The predicted molar refractivity (Wildman–Crippen MR) is 101 cm³/mol. The monoisotopic (exact) mass is 386 g/mol. The molecule has 2 N–H and O–H groups in total. The Morgan fingerprint density at radius 2 is 1.93 bits per heavy atom. The van der Waals surface area contributed by atoms with E-state index in [0.29, 0.717) is 19.0 Å². The Morgan fingerprint density at radius 1 is 1.15 bits per heavy atom. The van der Waals surface area contributed by atoms with Crippen molar-refractivity contribution >= 4 is 23.6 Å². The number of carbonyl (C=O) groups is 2. The standard InChI is InChI=1S/C18H22N6O2S/c19-16(26)14-3-1-2-10-23(14)15(25)11-27-18-22-21-17(24(18)13-4-5-13)12-6-8-20-9-7-12/h6-9,13-14H,1-5,10-11H2,(H2,19,26). The molecular weight excluding hydrogens is 364 g/mol. The van der Waals surface area contributed by atoms with Crippen molar-refractivity contribution in [3.63, 3.8) is 0 Å². The van der Waals surface area contributed by atoms with Crippen molar-refractivity contribution in [1.29, 1.82) is 0 Å². The van der Waals surface area contributed by atoms with Crippen LogP contribution in [0.3, 0.4) is 0 Å². The van der Waals surface area contributed by atoms with Crippen molar-refractivity contribution in [2.24, 2.45) is 5.73 Å². The van der Waals surface area contributed by atoms with Gasteiger partial charge in [0.05, 0.1) is 5.75 Å². The number of aromatic nitrogens is 4. The minimum absolute atomic E-state index is 0.0701. The second kappa shape index (κ2) is 7.67. The van der Waals surface area contributed by atoms with Gasteiger partial charge in [-0.2, -0.15) is 0 Å². The first-order valence-electron chi connectivity index (χ1n) is 9.22. The number of nitrogens with two attached hydrogens (primary N) is 1. The van der Waals surface area contributed by atoms with E-state index in [0.717, 1.165) is 42.2 Å². The zero-order chi connectivity index (χ0) is 18.8. The number of pyridine rings is 1. The summed E-state index contributed by atoms with van der Waals surface area (Å²) in [6.07, 6.45) is 8.13. The lowest BCUT2D eigenvalue weighted by molar-refractivity contribution is -0.138. The molecule has 2 aromatic heterocycles. The fourth-order valence-corrected chi connectivity index (χ4v) is 4.36. The van der Waals surface area contributed by atoms with Crippen LogP contribution >= 0.6 is 11.8 Å². The Morgan fingerprint density at radius 3 is 2.63 bits per heavy atom. The van der Waals surface area contributed by atoms with Gasteiger partial charge in [0, 0.05) is 30.5 Å². The first kappa shape index (κ1) is 18.0. The lowest BCUT2D eigenvalue weighted by Crippen LogP contribution is -2.51. The molecule has 1 saturated carbocycles. The number of nitrogens with zero attached hydrogens (tertiary/aromatic N) is 5. The number of piperidine rings is 1. The van der Waals surface area contributed by atoms with Gasteiger partial charge in [0.25, 0.3) is 0 Å². The van der Waals surface area contributed by atoms with Crippen LogP contribution in [0.5, 0.6) is 0 Å². The quantitative estimate of drug-likeness (QED) is 0.756. The highest BCUT2D eigenvalue weighted by Crippen LogP contribution is 2.41. The maximum absolute atomic E-state index is 12.7. The number of hydrogen-bond acceptors (Lipinski definition) is 6. The van der Waals surface area contributed by atoms with Gasteiger partial charge in [-0.25, -0.2) is 0 Å². The van der Waals surface area contributed by atoms with Crippen molar-refractivity contribution in [2.75, 3.05) is 12.3 Å². The highest BCUT2D eigenvalue weighted by molar-refractivity contribution is 7.99. The maximum Gasteiger partial charge on any atom is 0.240 e. The number of carbonyl (C=O) groups excluding carboxylic acids is 2. The number of hydrogen-bond donors (Lipinski definition) is 1. The van der Waals surface area contributed by atoms with Gasteiger partial charge in [-0.1, -0.05) is 11.8 Å². The number of rotatable bonds is 6. The van der Waals surface area contributed by atoms with E-state index in [1.165, 1.54) is 11.8 Å². The average Bonchev–Trinajstić information content (AvgIpc) is 3.45. The molecule has 1 saturated heterocycles. The van der Waals surface area contributed by atoms with Crippen LogP contribution in [0, 0.1) is 0 Å². The van der Waals surface area contributed by atoms with Gasteiger partial charge < -0.3 is 10.6 Å². The van der Waals surface area contributed by atoms with E-state index < -0.39 is 11.9 Å². The van der Waals surface area contributed by atoms with Gasteiger partial charge >= 0.3 is 0 Å².